The van der Waals surface area contributed by atoms with Gasteiger partial charge in [0, 0.05) is 0 Å². The predicted molar refractivity (Wildman–Crippen MR) is 70.7 cm³/mol. The zero-order valence-corrected chi connectivity index (χ0v) is 12.6. The van der Waals surface area contributed by atoms with E-state index in [0.29, 0.717) is 6.07 Å². The van der Waals surface area contributed by atoms with Gasteiger partial charge in [0.05, 0.1) is 11.1 Å². The summed E-state index contributed by atoms with van der Waals surface area (Å²) in [4.78, 5) is 0. The van der Waals surface area contributed by atoms with Crippen molar-refractivity contribution in [3.63, 3.8) is 0 Å². The summed E-state index contributed by atoms with van der Waals surface area (Å²) in [6, 6.07) is 0.420. The molecule has 0 aliphatic heterocycles. The molecule has 0 saturated heterocycles. The zero-order chi connectivity index (χ0) is 19.3. The molecule has 0 fully saturated rings. The molecular formula is C16H9F9. The fourth-order valence-electron chi connectivity index (χ4n) is 2.34. The van der Waals surface area contributed by atoms with Crippen LogP contribution in [-0.4, -0.2) is 0 Å². The summed E-state index contributed by atoms with van der Waals surface area (Å²) >= 11 is 0. The second kappa shape index (κ2) is 6.27. The van der Waals surface area contributed by atoms with Gasteiger partial charge in [0.1, 0.15) is 5.82 Å². The van der Waals surface area contributed by atoms with E-state index in [1.165, 1.54) is 13.8 Å². The van der Waals surface area contributed by atoms with E-state index >= 15 is 0 Å². The fraction of sp³-hybridized carbons (Fsp3) is 0.250. The van der Waals surface area contributed by atoms with Crippen LogP contribution < -0.4 is 0 Å². The van der Waals surface area contributed by atoms with Crippen LogP contribution in [0.2, 0.25) is 0 Å². The Morgan fingerprint density at radius 2 is 1.16 bits per heavy atom. The number of rotatable bonds is 2. The van der Waals surface area contributed by atoms with E-state index in [1.54, 1.807) is 0 Å². The average molecular weight is 372 g/mol. The van der Waals surface area contributed by atoms with E-state index in [2.05, 4.69) is 0 Å². The maximum absolute atomic E-state index is 14.0. The Kier molecular flexibility index (Phi) is 4.80. The first-order valence-electron chi connectivity index (χ1n) is 6.80. The minimum Gasteiger partial charge on any atom is -0.206 e. The first-order valence-corrected chi connectivity index (χ1v) is 6.80. The summed E-state index contributed by atoms with van der Waals surface area (Å²) in [5.74, 6) is -14.1. The van der Waals surface area contributed by atoms with Gasteiger partial charge < -0.3 is 0 Å². The van der Waals surface area contributed by atoms with Crippen LogP contribution in [0.25, 0.3) is 11.1 Å². The molecule has 0 saturated carbocycles. The first kappa shape index (κ1) is 19.1. The van der Waals surface area contributed by atoms with Gasteiger partial charge in [-0.25, -0.2) is 26.3 Å². The van der Waals surface area contributed by atoms with Crippen LogP contribution in [0.5, 0.6) is 0 Å². The van der Waals surface area contributed by atoms with Crippen molar-refractivity contribution in [2.45, 2.75) is 25.9 Å². The fourth-order valence-corrected chi connectivity index (χ4v) is 2.34. The lowest BCUT2D eigenvalue weighted by Gasteiger charge is -2.18. The topological polar surface area (TPSA) is 0 Å². The van der Waals surface area contributed by atoms with E-state index in [9.17, 15) is 39.5 Å². The molecule has 0 heterocycles. The number of halogens is 9. The van der Waals surface area contributed by atoms with Crippen LogP contribution in [0.1, 0.15) is 30.9 Å². The van der Waals surface area contributed by atoms with Crippen molar-refractivity contribution in [2.75, 3.05) is 0 Å². The van der Waals surface area contributed by atoms with Crippen molar-refractivity contribution in [3.05, 3.63) is 58.2 Å². The molecule has 0 unspecified atom stereocenters. The van der Waals surface area contributed by atoms with Gasteiger partial charge in [-0.1, -0.05) is 13.8 Å². The van der Waals surface area contributed by atoms with E-state index in [0.717, 1.165) is 0 Å². The molecule has 0 aliphatic carbocycles. The van der Waals surface area contributed by atoms with Crippen molar-refractivity contribution in [1.29, 1.82) is 0 Å². The average Bonchev–Trinajstić information content (AvgIpc) is 2.50. The van der Waals surface area contributed by atoms with E-state index in [4.69, 9.17) is 0 Å². The van der Waals surface area contributed by atoms with Gasteiger partial charge in [-0.3, -0.25) is 0 Å². The molecule has 0 spiro atoms. The number of hydrogen-bond donors (Lipinski definition) is 0. The van der Waals surface area contributed by atoms with Crippen LogP contribution in [0, 0.1) is 34.9 Å². The highest BCUT2D eigenvalue weighted by Crippen LogP contribution is 2.41. The van der Waals surface area contributed by atoms with Crippen molar-refractivity contribution in [3.8, 4) is 11.1 Å². The van der Waals surface area contributed by atoms with Gasteiger partial charge in [0.15, 0.2) is 23.3 Å². The van der Waals surface area contributed by atoms with Gasteiger partial charge >= 0.3 is 6.18 Å². The second-order valence-electron chi connectivity index (χ2n) is 5.52. The van der Waals surface area contributed by atoms with Crippen LogP contribution in [-0.2, 0) is 6.18 Å². The van der Waals surface area contributed by atoms with Crippen molar-refractivity contribution >= 4 is 0 Å². The number of alkyl halides is 3. The largest absolute Gasteiger partial charge is 0.419 e. The maximum Gasteiger partial charge on any atom is 0.419 e. The predicted octanol–water partition coefficient (Wildman–Crippen LogP) is 6.33. The summed E-state index contributed by atoms with van der Waals surface area (Å²) in [6.07, 6.45) is -5.22. The molecule has 0 aromatic heterocycles. The minimum absolute atomic E-state index is 0.0446. The van der Waals surface area contributed by atoms with Crippen molar-refractivity contribution in [1.82, 2.24) is 0 Å². The number of hydrogen-bond acceptors (Lipinski definition) is 0. The highest BCUT2D eigenvalue weighted by molar-refractivity contribution is 5.71. The maximum atomic E-state index is 14.0. The molecule has 0 amide bonds. The van der Waals surface area contributed by atoms with Gasteiger partial charge in [-0.05, 0) is 29.2 Å². The molecule has 136 valence electrons. The van der Waals surface area contributed by atoms with Gasteiger partial charge in [-0.15, -0.1) is 0 Å². The molecule has 0 aliphatic rings. The highest BCUT2D eigenvalue weighted by Gasteiger charge is 2.37. The molecule has 0 N–H and O–H groups in total. The monoisotopic (exact) mass is 372 g/mol. The Labute approximate surface area is 135 Å². The minimum atomic E-state index is -5.22. The van der Waals surface area contributed by atoms with Crippen molar-refractivity contribution < 1.29 is 39.5 Å². The lowest BCUT2D eigenvalue weighted by atomic mass is 9.89. The van der Waals surface area contributed by atoms with Gasteiger partial charge in [0.2, 0.25) is 5.82 Å². The summed E-state index contributed by atoms with van der Waals surface area (Å²) in [5, 5.41) is 0. The first-order chi connectivity index (χ1) is 11.4. The molecular weight excluding hydrogens is 363 g/mol. The van der Waals surface area contributed by atoms with Gasteiger partial charge in [-0.2, -0.15) is 13.2 Å². The molecule has 25 heavy (non-hydrogen) atoms. The summed E-state index contributed by atoms with van der Waals surface area (Å²) in [5.41, 5.74) is -4.67. The number of benzene rings is 2. The zero-order valence-electron chi connectivity index (χ0n) is 12.6. The Morgan fingerprint density at radius 1 is 0.720 bits per heavy atom. The van der Waals surface area contributed by atoms with Crippen LogP contribution in [0.3, 0.4) is 0 Å². The summed E-state index contributed by atoms with van der Waals surface area (Å²) < 4.78 is 120. The van der Waals surface area contributed by atoms with Crippen LogP contribution in [0.4, 0.5) is 39.5 Å². The third-order valence-electron chi connectivity index (χ3n) is 3.55. The molecule has 2 aromatic carbocycles. The van der Waals surface area contributed by atoms with Crippen LogP contribution in [0.15, 0.2) is 12.1 Å². The third-order valence-corrected chi connectivity index (χ3v) is 3.55. The molecule has 0 atom stereocenters. The normalized spacial score (nSPS) is 12.2. The Bertz CT molecular complexity index is 806. The Balaban J connectivity index is 2.97. The van der Waals surface area contributed by atoms with Crippen molar-refractivity contribution in [2.24, 2.45) is 0 Å². The highest BCUT2D eigenvalue weighted by atomic mass is 19.4. The quantitative estimate of drug-likeness (QED) is 0.328. The summed E-state index contributed by atoms with van der Waals surface area (Å²) in [6.45, 7) is 2.72. The lowest BCUT2D eigenvalue weighted by Crippen LogP contribution is -2.12. The molecule has 0 bridgehead atoms. The standard InChI is InChI=1S/C16H9F9/c1-5(2)6-4-9(17)8(16(23,24)25)3-7(6)10-11(18)13(20)15(22)14(21)12(10)19/h3-5H,1-2H3. The molecule has 2 rings (SSSR count). The summed E-state index contributed by atoms with van der Waals surface area (Å²) in [7, 11) is 0. The van der Waals surface area contributed by atoms with Crippen LogP contribution >= 0.6 is 0 Å². The molecule has 9 heteroatoms. The molecule has 2 aromatic rings. The van der Waals surface area contributed by atoms with E-state index in [-0.39, 0.29) is 11.6 Å². The molecule has 0 radical (unpaired) electrons. The Hall–Kier alpha value is -2.19. The molecule has 0 nitrogen and oxygen atoms in total. The third kappa shape index (κ3) is 3.19. The SMILES string of the molecule is CC(C)c1cc(F)c(C(F)(F)F)cc1-c1c(F)c(F)c(F)c(F)c1F. The van der Waals surface area contributed by atoms with E-state index in [1.807, 2.05) is 0 Å². The van der Waals surface area contributed by atoms with Gasteiger partial charge in [0.25, 0.3) is 0 Å². The smallest absolute Gasteiger partial charge is 0.206 e. The lowest BCUT2D eigenvalue weighted by molar-refractivity contribution is -0.139. The van der Waals surface area contributed by atoms with E-state index < -0.39 is 63.7 Å². The Morgan fingerprint density at radius 3 is 1.56 bits per heavy atom. The second-order valence-corrected chi connectivity index (χ2v) is 5.52.